The molecule has 2 aliphatic rings. The highest BCUT2D eigenvalue weighted by atomic mass is 16.5. The molecule has 2 saturated heterocycles. The highest BCUT2D eigenvalue weighted by molar-refractivity contribution is 5.30. The van der Waals surface area contributed by atoms with Crippen molar-refractivity contribution in [3.05, 3.63) is 34.9 Å². The number of rotatable bonds is 4. The Kier molecular flexibility index (Phi) is 5.30. The molecule has 1 unspecified atom stereocenters. The molecule has 24 heavy (non-hydrogen) atoms. The van der Waals surface area contributed by atoms with Gasteiger partial charge in [0, 0.05) is 39.6 Å². The Bertz CT molecular complexity index is 562. The number of ether oxygens (including phenoxy) is 2. The van der Waals surface area contributed by atoms with Crippen molar-refractivity contribution in [3.63, 3.8) is 0 Å². The van der Waals surface area contributed by atoms with Gasteiger partial charge in [-0.15, -0.1) is 0 Å². The maximum atomic E-state index is 10.7. The predicted molar refractivity (Wildman–Crippen MR) is 95.2 cm³/mol. The van der Waals surface area contributed by atoms with Gasteiger partial charge in [0.2, 0.25) is 0 Å². The van der Waals surface area contributed by atoms with E-state index in [0.29, 0.717) is 26.1 Å². The minimum absolute atomic E-state index is 0.162. The fraction of sp³-hybridized carbons (Fsp3) is 0.700. The van der Waals surface area contributed by atoms with Crippen LogP contribution in [0.3, 0.4) is 0 Å². The van der Waals surface area contributed by atoms with Crippen LogP contribution in [-0.4, -0.2) is 54.6 Å². The van der Waals surface area contributed by atoms with Crippen molar-refractivity contribution in [1.29, 1.82) is 0 Å². The Hall–Kier alpha value is -0.940. The molecular weight excluding hydrogens is 302 g/mol. The van der Waals surface area contributed by atoms with Gasteiger partial charge in [0.25, 0.3) is 0 Å². The third-order valence-electron chi connectivity index (χ3n) is 5.70. The number of benzene rings is 1. The van der Waals surface area contributed by atoms with Crippen molar-refractivity contribution < 1.29 is 14.6 Å². The van der Waals surface area contributed by atoms with Crippen LogP contribution in [0.4, 0.5) is 0 Å². The quantitative estimate of drug-likeness (QED) is 0.920. The molecular formula is C20H31NO3. The summed E-state index contributed by atoms with van der Waals surface area (Å²) < 4.78 is 11.4. The first-order valence-electron chi connectivity index (χ1n) is 9.07. The van der Waals surface area contributed by atoms with Crippen LogP contribution in [0, 0.1) is 13.8 Å². The molecule has 0 aliphatic carbocycles. The second-order valence-corrected chi connectivity index (χ2v) is 7.82. The second-order valence-electron chi connectivity index (χ2n) is 7.82. The van der Waals surface area contributed by atoms with E-state index in [1.165, 1.54) is 16.7 Å². The molecule has 0 bridgehead atoms. The molecule has 134 valence electrons. The molecule has 0 saturated carbocycles. The molecule has 0 aromatic heterocycles. The largest absolute Gasteiger partial charge is 0.387 e. The van der Waals surface area contributed by atoms with E-state index in [0.717, 1.165) is 32.5 Å². The summed E-state index contributed by atoms with van der Waals surface area (Å²) in [5, 5.41) is 10.7. The summed E-state index contributed by atoms with van der Waals surface area (Å²) in [7, 11) is 1.66. The summed E-state index contributed by atoms with van der Waals surface area (Å²) in [6.07, 6.45) is 3.36. The lowest BCUT2D eigenvalue weighted by molar-refractivity contribution is -0.191. The van der Waals surface area contributed by atoms with Crippen LogP contribution in [0.25, 0.3) is 0 Å². The lowest BCUT2D eigenvalue weighted by Gasteiger charge is -2.49. The molecule has 0 amide bonds. The Balaban J connectivity index is 1.59. The zero-order valence-corrected chi connectivity index (χ0v) is 15.3. The molecule has 4 heteroatoms. The molecule has 1 N–H and O–H groups in total. The van der Waals surface area contributed by atoms with E-state index < -0.39 is 5.60 Å². The molecule has 2 fully saturated rings. The van der Waals surface area contributed by atoms with E-state index in [-0.39, 0.29) is 5.60 Å². The van der Waals surface area contributed by atoms with Crippen LogP contribution >= 0.6 is 0 Å². The molecule has 3 rings (SSSR count). The normalized spacial score (nSPS) is 27.5. The number of nitrogens with zero attached hydrogens (tertiary/aromatic N) is 1. The minimum atomic E-state index is -0.720. The summed E-state index contributed by atoms with van der Waals surface area (Å²) in [6.45, 7) is 8.44. The van der Waals surface area contributed by atoms with Crippen molar-refractivity contribution >= 4 is 0 Å². The first-order valence-corrected chi connectivity index (χ1v) is 9.07. The zero-order valence-electron chi connectivity index (χ0n) is 15.3. The number of piperidine rings is 1. The summed E-state index contributed by atoms with van der Waals surface area (Å²) in [6, 6.07) is 6.71. The monoisotopic (exact) mass is 333 g/mol. The van der Waals surface area contributed by atoms with Crippen LogP contribution in [0.1, 0.15) is 42.4 Å². The SMILES string of the molecule is COCC1(O)CCOC2(CCN(Cc3ccc(C)cc3C)CC2)C1. The molecule has 1 aromatic rings. The number of aryl methyl sites for hydroxylation is 2. The van der Waals surface area contributed by atoms with Gasteiger partial charge < -0.3 is 14.6 Å². The topological polar surface area (TPSA) is 41.9 Å². The summed E-state index contributed by atoms with van der Waals surface area (Å²) >= 11 is 0. The van der Waals surface area contributed by atoms with Gasteiger partial charge in [-0.1, -0.05) is 23.8 Å². The van der Waals surface area contributed by atoms with Gasteiger partial charge in [0.15, 0.2) is 0 Å². The maximum Gasteiger partial charge on any atom is 0.0929 e. The number of methoxy groups -OCH3 is 1. The first kappa shape index (κ1) is 17.9. The van der Waals surface area contributed by atoms with Crippen LogP contribution in [0.15, 0.2) is 18.2 Å². The zero-order chi connectivity index (χ0) is 17.2. The van der Waals surface area contributed by atoms with E-state index in [1.54, 1.807) is 7.11 Å². The number of hydrogen-bond donors (Lipinski definition) is 1. The molecule has 0 radical (unpaired) electrons. The number of hydrogen-bond acceptors (Lipinski definition) is 4. The van der Waals surface area contributed by atoms with Gasteiger partial charge in [-0.3, -0.25) is 4.90 Å². The van der Waals surface area contributed by atoms with Crippen molar-refractivity contribution in [2.45, 2.75) is 57.3 Å². The molecule has 2 aliphatic heterocycles. The summed E-state index contributed by atoms with van der Waals surface area (Å²) in [4.78, 5) is 2.51. The molecule has 1 atom stereocenters. The third-order valence-corrected chi connectivity index (χ3v) is 5.70. The van der Waals surface area contributed by atoms with Gasteiger partial charge >= 0.3 is 0 Å². The Morgan fingerprint density at radius 2 is 1.96 bits per heavy atom. The van der Waals surface area contributed by atoms with E-state index in [2.05, 4.69) is 36.9 Å². The minimum Gasteiger partial charge on any atom is -0.387 e. The van der Waals surface area contributed by atoms with Gasteiger partial charge in [0.05, 0.1) is 24.4 Å². The average molecular weight is 333 g/mol. The van der Waals surface area contributed by atoms with E-state index in [1.807, 2.05) is 0 Å². The Morgan fingerprint density at radius 3 is 2.62 bits per heavy atom. The van der Waals surface area contributed by atoms with Crippen molar-refractivity contribution in [2.75, 3.05) is 33.4 Å². The fourth-order valence-corrected chi connectivity index (χ4v) is 4.29. The maximum absolute atomic E-state index is 10.7. The highest BCUT2D eigenvalue weighted by Crippen LogP contribution is 2.40. The van der Waals surface area contributed by atoms with Gasteiger partial charge in [-0.05, 0) is 37.8 Å². The third kappa shape index (κ3) is 3.99. The van der Waals surface area contributed by atoms with Crippen LogP contribution in [0.5, 0.6) is 0 Å². The lowest BCUT2D eigenvalue weighted by atomic mass is 9.77. The van der Waals surface area contributed by atoms with Crippen molar-refractivity contribution in [1.82, 2.24) is 4.90 Å². The second kappa shape index (κ2) is 7.12. The molecule has 4 nitrogen and oxygen atoms in total. The van der Waals surface area contributed by atoms with Gasteiger partial charge in [0.1, 0.15) is 0 Å². The van der Waals surface area contributed by atoms with Crippen LogP contribution in [-0.2, 0) is 16.0 Å². The summed E-state index contributed by atoms with van der Waals surface area (Å²) in [5.41, 5.74) is 3.23. The molecule has 1 spiro atoms. The van der Waals surface area contributed by atoms with E-state index in [4.69, 9.17) is 9.47 Å². The number of aliphatic hydroxyl groups is 1. The van der Waals surface area contributed by atoms with E-state index in [9.17, 15) is 5.11 Å². The molecule has 1 aromatic carbocycles. The van der Waals surface area contributed by atoms with Crippen LogP contribution in [0.2, 0.25) is 0 Å². The first-order chi connectivity index (χ1) is 11.4. The Morgan fingerprint density at radius 1 is 1.21 bits per heavy atom. The smallest absolute Gasteiger partial charge is 0.0929 e. The summed E-state index contributed by atoms with van der Waals surface area (Å²) in [5.74, 6) is 0. The highest BCUT2D eigenvalue weighted by Gasteiger charge is 2.46. The standard InChI is InChI=1S/C20H31NO3/c1-16-4-5-18(17(2)12-16)13-21-9-6-20(7-10-21)14-19(22,15-23-3)8-11-24-20/h4-5,12,22H,6-11,13-15H2,1-3H3. The average Bonchev–Trinajstić information content (AvgIpc) is 2.52. The predicted octanol–water partition coefficient (Wildman–Crippen LogP) is 2.83. The van der Waals surface area contributed by atoms with Gasteiger partial charge in [-0.2, -0.15) is 0 Å². The van der Waals surface area contributed by atoms with Gasteiger partial charge in [-0.25, -0.2) is 0 Å². The molecule has 2 heterocycles. The fourth-order valence-electron chi connectivity index (χ4n) is 4.29. The lowest BCUT2D eigenvalue weighted by Crippen LogP contribution is -2.55. The van der Waals surface area contributed by atoms with Crippen molar-refractivity contribution in [3.8, 4) is 0 Å². The van der Waals surface area contributed by atoms with E-state index >= 15 is 0 Å². The van der Waals surface area contributed by atoms with Crippen LogP contribution < -0.4 is 0 Å². The Labute approximate surface area is 145 Å². The van der Waals surface area contributed by atoms with Crippen molar-refractivity contribution in [2.24, 2.45) is 0 Å². The number of likely N-dealkylation sites (tertiary alicyclic amines) is 1.